The van der Waals surface area contributed by atoms with Crippen molar-refractivity contribution >= 4 is 26.1 Å². The lowest BCUT2D eigenvalue weighted by molar-refractivity contribution is -0.145. The van der Waals surface area contributed by atoms with Gasteiger partial charge in [0.2, 0.25) is 0 Å². The van der Waals surface area contributed by atoms with Crippen molar-refractivity contribution in [3.05, 3.63) is 166 Å². The van der Waals surface area contributed by atoms with Crippen molar-refractivity contribution in [1.29, 1.82) is 0 Å². The van der Waals surface area contributed by atoms with Gasteiger partial charge in [0.1, 0.15) is 0 Å². The number of nitrogens with one attached hydrogen (secondary N) is 2. The van der Waals surface area contributed by atoms with Gasteiger partial charge in [0.05, 0.1) is 31.0 Å². The molecule has 2 aliphatic rings. The number of aromatic amines is 2. The summed E-state index contributed by atoms with van der Waals surface area (Å²) in [6.07, 6.45) is 10.1. The van der Waals surface area contributed by atoms with Crippen molar-refractivity contribution < 1.29 is 19.1 Å². The normalized spacial score (nSPS) is 18.6. The van der Waals surface area contributed by atoms with E-state index in [1.165, 1.54) is 28.7 Å². The van der Waals surface area contributed by atoms with E-state index in [0.717, 1.165) is 20.3 Å². The monoisotopic (exact) mass is 860 g/mol. The number of H-pyrrole nitrogens is 2. The quantitative estimate of drug-likeness (QED) is 0.103. The van der Waals surface area contributed by atoms with E-state index in [9.17, 15) is 28.8 Å². The molecule has 0 bridgehead atoms. The average molecular weight is 861 g/mol. The van der Waals surface area contributed by atoms with Gasteiger partial charge in [-0.15, -0.1) is 0 Å². The standard InChI is InChI=1S/C29H33N3O6.C18H23N3O2Si/c1-28(2,3)24(33)37-21-15-18-13-14-19(17-11-9-8-10-12-17)23(32-27(36)31(7)26(35)30-32)20(18)16-22(21)38-25(34)29(4,5)6;1-20-17(22)19-21(18(20)23)16-14(13-9-6-5-7-10-13)11-8-12-15(16)24(2,3)4/h8-16,19,23H,1-7H3,(H,30,35);5-12,14,16H,1-4H3,(H,19,22)/t19-,23-;14-,16-/m11/s1. The third kappa shape index (κ3) is 9.22. The van der Waals surface area contributed by atoms with Crippen LogP contribution in [-0.4, -0.2) is 48.7 Å². The number of ether oxygens (including phenoxy) is 2. The maximum Gasteiger partial charge on any atom is 0.347 e. The second-order valence-corrected chi connectivity index (χ2v) is 23.9. The van der Waals surface area contributed by atoms with Crippen molar-refractivity contribution in [2.75, 3.05) is 0 Å². The van der Waals surface area contributed by atoms with E-state index in [1.54, 1.807) is 53.7 Å². The minimum absolute atomic E-state index is 0.0219. The first-order valence-corrected chi connectivity index (χ1v) is 24.0. The zero-order valence-corrected chi connectivity index (χ0v) is 38.2. The predicted molar refractivity (Wildman–Crippen MR) is 242 cm³/mol. The fourth-order valence-electron chi connectivity index (χ4n) is 7.40. The molecule has 0 fully saturated rings. The van der Waals surface area contributed by atoms with E-state index < -0.39 is 48.3 Å². The lowest BCUT2D eigenvalue weighted by atomic mass is 9.80. The fourth-order valence-corrected chi connectivity index (χ4v) is 9.19. The highest BCUT2D eigenvalue weighted by atomic mass is 28.3. The fraction of sp³-hybridized carbons (Fsp3) is 0.362. The van der Waals surface area contributed by atoms with Crippen molar-refractivity contribution in [2.45, 2.75) is 85.1 Å². The minimum Gasteiger partial charge on any atom is -0.422 e. The van der Waals surface area contributed by atoms with E-state index in [0.29, 0.717) is 11.1 Å². The molecule has 5 aromatic rings. The van der Waals surface area contributed by atoms with Gasteiger partial charge in [0.25, 0.3) is 0 Å². The molecule has 0 aliphatic heterocycles. The second kappa shape index (κ2) is 17.1. The summed E-state index contributed by atoms with van der Waals surface area (Å²) in [6, 6.07) is 22.1. The highest BCUT2D eigenvalue weighted by molar-refractivity contribution is 6.83. The molecule has 0 amide bonds. The SMILES string of the molecule is Cn1c(=O)[nH]n([C@H]2C([Si](C)(C)C)=CC=C[C@@H]2c2ccccc2)c1=O.Cn1c(=O)[nH]n([C@H]2c3cc(OC(=O)C(C)(C)C)c(OC(=O)C(C)(C)C)cc3C=C[C@@H]2c2ccccc2)c1=O. The van der Waals surface area contributed by atoms with Crippen LogP contribution in [0.15, 0.2) is 121 Å². The number of carbonyl (C=O) groups excluding carboxylic acids is 2. The minimum atomic E-state index is -1.69. The van der Waals surface area contributed by atoms with E-state index in [4.69, 9.17) is 9.47 Å². The number of benzene rings is 3. The van der Waals surface area contributed by atoms with Gasteiger partial charge in [0, 0.05) is 25.9 Å². The molecule has 2 aliphatic carbocycles. The first kappa shape index (κ1) is 45.1. The van der Waals surface area contributed by atoms with Crippen LogP contribution in [0.5, 0.6) is 11.5 Å². The van der Waals surface area contributed by atoms with Gasteiger partial charge in [-0.1, -0.05) is 116 Å². The first-order chi connectivity index (χ1) is 29.0. The summed E-state index contributed by atoms with van der Waals surface area (Å²) in [5.41, 5.74) is -0.0209. The molecule has 15 heteroatoms. The summed E-state index contributed by atoms with van der Waals surface area (Å²) in [4.78, 5) is 75.7. The third-order valence-electron chi connectivity index (χ3n) is 11.0. The molecule has 3 aromatic carbocycles. The van der Waals surface area contributed by atoms with Crippen LogP contribution in [0.25, 0.3) is 6.08 Å². The number of fused-ring (bicyclic) bond motifs is 1. The number of allylic oxidation sites excluding steroid dienone is 5. The summed E-state index contributed by atoms with van der Waals surface area (Å²) in [6.45, 7) is 17.1. The van der Waals surface area contributed by atoms with Crippen LogP contribution in [0.2, 0.25) is 19.6 Å². The van der Waals surface area contributed by atoms with Crippen molar-refractivity contribution in [2.24, 2.45) is 24.9 Å². The second-order valence-electron chi connectivity index (χ2n) is 18.8. The smallest absolute Gasteiger partial charge is 0.347 e. The molecule has 0 saturated carbocycles. The third-order valence-corrected chi connectivity index (χ3v) is 13.2. The predicted octanol–water partition coefficient (Wildman–Crippen LogP) is 6.75. The zero-order chi connectivity index (χ0) is 45.5. The molecular weight excluding hydrogens is 805 g/mol. The summed E-state index contributed by atoms with van der Waals surface area (Å²) in [5.74, 6) is -1.16. The van der Waals surface area contributed by atoms with E-state index in [1.807, 2.05) is 60.7 Å². The molecule has 2 aromatic heterocycles. The number of nitrogens with zero attached hydrogens (tertiary/aromatic N) is 4. The van der Waals surface area contributed by atoms with Crippen molar-refractivity contribution in [1.82, 2.24) is 28.7 Å². The maximum absolute atomic E-state index is 13.1. The molecule has 2 heterocycles. The van der Waals surface area contributed by atoms with Crippen LogP contribution in [0.4, 0.5) is 0 Å². The number of hydrogen-bond donors (Lipinski definition) is 2. The molecule has 62 heavy (non-hydrogen) atoms. The van der Waals surface area contributed by atoms with Gasteiger partial charge in [-0.2, -0.15) is 0 Å². The van der Waals surface area contributed by atoms with Gasteiger partial charge in [-0.25, -0.2) is 47.9 Å². The zero-order valence-electron chi connectivity index (χ0n) is 37.2. The van der Waals surface area contributed by atoms with E-state index in [-0.39, 0.29) is 40.8 Å². The number of hydrogen-bond acceptors (Lipinski definition) is 8. The Bertz CT molecular complexity index is 2810. The van der Waals surface area contributed by atoms with Crippen molar-refractivity contribution in [3.63, 3.8) is 0 Å². The summed E-state index contributed by atoms with van der Waals surface area (Å²) >= 11 is 0. The molecule has 2 N–H and O–H groups in total. The maximum atomic E-state index is 13.1. The van der Waals surface area contributed by atoms with Gasteiger partial charge >= 0.3 is 34.7 Å². The Balaban J connectivity index is 0.000000229. The van der Waals surface area contributed by atoms with Crippen LogP contribution in [0.3, 0.4) is 0 Å². The number of aromatic nitrogens is 6. The van der Waals surface area contributed by atoms with Gasteiger partial charge < -0.3 is 9.47 Å². The summed E-state index contributed by atoms with van der Waals surface area (Å²) in [7, 11) is 1.22. The van der Waals surface area contributed by atoms with E-state index in [2.05, 4.69) is 60.2 Å². The van der Waals surface area contributed by atoms with Crippen LogP contribution >= 0.6 is 0 Å². The molecule has 326 valence electrons. The van der Waals surface area contributed by atoms with Crippen LogP contribution in [0, 0.1) is 10.8 Å². The van der Waals surface area contributed by atoms with Gasteiger partial charge in [0.15, 0.2) is 11.5 Å². The molecule has 0 unspecified atom stereocenters. The Hall–Kier alpha value is -6.48. The Morgan fingerprint density at radius 3 is 1.48 bits per heavy atom. The molecule has 0 saturated heterocycles. The largest absolute Gasteiger partial charge is 0.422 e. The lowest BCUT2D eigenvalue weighted by Gasteiger charge is -2.35. The molecule has 7 rings (SSSR count). The molecular formula is C47H56N6O8Si. The average Bonchev–Trinajstić information content (AvgIpc) is 3.63. The number of carbonyl (C=O) groups is 2. The Kier molecular flexibility index (Phi) is 12.4. The van der Waals surface area contributed by atoms with Crippen LogP contribution in [-0.2, 0) is 23.7 Å². The Labute approximate surface area is 360 Å². The highest BCUT2D eigenvalue weighted by Gasteiger charge is 2.38. The van der Waals surface area contributed by atoms with Crippen LogP contribution < -0.4 is 32.2 Å². The van der Waals surface area contributed by atoms with Crippen molar-refractivity contribution in [3.8, 4) is 11.5 Å². The summed E-state index contributed by atoms with van der Waals surface area (Å²) < 4.78 is 16.4. The van der Waals surface area contributed by atoms with Gasteiger partial charge in [-0.3, -0.25) is 9.59 Å². The topological polar surface area (TPSA) is 172 Å². The van der Waals surface area contributed by atoms with Gasteiger partial charge in [-0.05, 0) is 75.9 Å². The Morgan fingerprint density at radius 2 is 1.06 bits per heavy atom. The molecule has 0 spiro atoms. The highest BCUT2D eigenvalue weighted by Crippen LogP contribution is 2.45. The summed E-state index contributed by atoms with van der Waals surface area (Å²) in [5, 5.41) is 6.65. The Morgan fingerprint density at radius 1 is 0.629 bits per heavy atom. The lowest BCUT2D eigenvalue weighted by Crippen LogP contribution is -2.39. The first-order valence-electron chi connectivity index (χ1n) is 20.5. The van der Waals surface area contributed by atoms with E-state index >= 15 is 0 Å². The number of rotatable bonds is 7. The molecule has 0 radical (unpaired) electrons. The molecule has 4 atom stereocenters. The molecule has 14 nitrogen and oxygen atoms in total. The van der Waals surface area contributed by atoms with Crippen LogP contribution in [0.1, 0.15) is 87.7 Å². The number of esters is 2.